The summed E-state index contributed by atoms with van der Waals surface area (Å²) in [5.41, 5.74) is 8.27. The molecule has 1 N–H and O–H groups in total. The van der Waals surface area contributed by atoms with Gasteiger partial charge in [0.25, 0.3) is 0 Å². The molecule has 0 unspecified atom stereocenters. The van der Waals surface area contributed by atoms with Crippen LogP contribution in [0.4, 0.5) is 0 Å². The van der Waals surface area contributed by atoms with Gasteiger partial charge in [-0.2, -0.15) is 5.10 Å². The fourth-order valence-corrected chi connectivity index (χ4v) is 5.49. The molecule has 6 nitrogen and oxygen atoms in total. The topological polar surface area (TPSA) is 68.8 Å². The first-order valence-electron chi connectivity index (χ1n) is 11.6. The number of carbonyl (C=O) groups excluding carboxylic acids is 1. The Morgan fingerprint density at radius 1 is 1.03 bits per heavy atom. The molecule has 0 aliphatic heterocycles. The lowest BCUT2D eigenvalue weighted by molar-refractivity contribution is 0.0929. The van der Waals surface area contributed by atoms with Gasteiger partial charge in [-0.3, -0.25) is 4.79 Å². The van der Waals surface area contributed by atoms with E-state index in [4.69, 9.17) is 9.15 Å². The first kappa shape index (κ1) is 25.0. The SMILES string of the molecule is Cc1cc(/C=N\NC(=O)c2cc3cc(Br)cc(Br)c3o2)c(C)n1-c1ccc(OCc2ccccc2)cc1. The average Bonchev–Trinajstić information content (AvgIpc) is 3.44. The summed E-state index contributed by atoms with van der Waals surface area (Å²) in [5, 5.41) is 4.98. The number of furan rings is 1. The van der Waals surface area contributed by atoms with Gasteiger partial charge in [0.1, 0.15) is 17.9 Å². The van der Waals surface area contributed by atoms with E-state index < -0.39 is 5.91 Å². The maximum absolute atomic E-state index is 12.6. The fraction of sp³-hybridized carbons (Fsp3) is 0.103. The van der Waals surface area contributed by atoms with Crippen LogP contribution >= 0.6 is 31.9 Å². The van der Waals surface area contributed by atoms with Gasteiger partial charge in [0.2, 0.25) is 0 Å². The van der Waals surface area contributed by atoms with Crippen LogP contribution in [-0.2, 0) is 6.61 Å². The Labute approximate surface area is 231 Å². The number of hydrogen-bond acceptors (Lipinski definition) is 4. The molecule has 0 radical (unpaired) electrons. The third kappa shape index (κ3) is 5.55. The van der Waals surface area contributed by atoms with Crippen LogP contribution in [0, 0.1) is 13.8 Å². The number of rotatable bonds is 7. The van der Waals surface area contributed by atoms with Crippen LogP contribution in [0.15, 0.2) is 97.3 Å². The van der Waals surface area contributed by atoms with Crippen molar-refractivity contribution in [1.29, 1.82) is 0 Å². The second kappa shape index (κ2) is 10.8. The molecule has 37 heavy (non-hydrogen) atoms. The summed E-state index contributed by atoms with van der Waals surface area (Å²) in [6.45, 7) is 4.58. The minimum atomic E-state index is -0.421. The first-order valence-corrected chi connectivity index (χ1v) is 13.2. The van der Waals surface area contributed by atoms with Crippen molar-refractivity contribution in [2.75, 3.05) is 0 Å². The number of benzene rings is 3. The molecular weight excluding hydrogens is 598 g/mol. The Morgan fingerprint density at radius 3 is 2.54 bits per heavy atom. The number of aryl methyl sites for hydroxylation is 1. The van der Waals surface area contributed by atoms with Crippen LogP contribution in [0.2, 0.25) is 0 Å². The molecule has 0 fully saturated rings. The van der Waals surface area contributed by atoms with Gasteiger partial charge in [0.15, 0.2) is 5.76 Å². The molecule has 5 rings (SSSR count). The van der Waals surface area contributed by atoms with E-state index in [2.05, 4.69) is 47.0 Å². The molecule has 8 heteroatoms. The minimum Gasteiger partial charge on any atom is -0.489 e. The monoisotopic (exact) mass is 619 g/mol. The molecule has 0 aliphatic carbocycles. The number of hydrazone groups is 1. The van der Waals surface area contributed by atoms with Crippen molar-refractivity contribution in [2.45, 2.75) is 20.5 Å². The van der Waals surface area contributed by atoms with E-state index in [9.17, 15) is 4.79 Å². The highest BCUT2D eigenvalue weighted by Gasteiger charge is 2.15. The van der Waals surface area contributed by atoms with Gasteiger partial charge in [-0.25, -0.2) is 5.43 Å². The summed E-state index contributed by atoms with van der Waals surface area (Å²) in [5.74, 6) is 0.575. The van der Waals surface area contributed by atoms with E-state index >= 15 is 0 Å². The van der Waals surface area contributed by atoms with Gasteiger partial charge in [-0.15, -0.1) is 0 Å². The van der Waals surface area contributed by atoms with Crippen LogP contribution in [0.3, 0.4) is 0 Å². The Morgan fingerprint density at radius 2 is 1.78 bits per heavy atom. The normalized spacial score (nSPS) is 11.4. The second-order valence-corrected chi connectivity index (χ2v) is 10.3. The molecule has 2 heterocycles. The van der Waals surface area contributed by atoms with Crippen LogP contribution in [0.1, 0.15) is 33.1 Å². The molecule has 0 saturated heterocycles. The van der Waals surface area contributed by atoms with Gasteiger partial charge >= 0.3 is 5.91 Å². The van der Waals surface area contributed by atoms with Crippen molar-refractivity contribution in [2.24, 2.45) is 5.10 Å². The maximum Gasteiger partial charge on any atom is 0.307 e. The van der Waals surface area contributed by atoms with Crippen LogP contribution in [0.25, 0.3) is 16.7 Å². The van der Waals surface area contributed by atoms with E-state index in [1.54, 1.807) is 12.3 Å². The molecule has 1 amide bonds. The molecule has 0 saturated carbocycles. The van der Waals surface area contributed by atoms with Crippen molar-refractivity contribution in [3.63, 3.8) is 0 Å². The molecule has 3 aromatic carbocycles. The van der Waals surface area contributed by atoms with E-state index in [1.807, 2.05) is 86.6 Å². The maximum atomic E-state index is 12.6. The molecule has 2 aromatic heterocycles. The minimum absolute atomic E-state index is 0.186. The molecular formula is C29H23Br2N3O3. The van der Waals surface area contributed by atoms with Gasteiger partial charge in [-0.05, 0) is 83.9 Å². The number of halogens is 2. The third-order valence-corrected chi connectivity index (χ3v) is 6.99. The van der Waals surface area contributed by atoms with Crippen molar-refractivity contribution < 1.29 is 13.9 Å². The molecule has 0 aliphatic rings. The van der Waals surface area contributed by atoms with Gasteiger partial charge in [0, 0.05) is 32.5 Å². The van der Waals surface area contributed by atoms with Crippen LogP contribution < -0.4 is 10.2 Å². The summed E-state index contributed by atoms with van der Waals surface area (Å²) in [6.07, 6.45) is 1.64. The van der Waals surface area contributed by atoms with Crippen LogP contribution in [-0.4, -0.2) is 16.7 Å². The van der Waals surface area contributed by atoms with E-state index in [1.165, 1.54) is 0 Å². The van der Waals surface area contributed by atoms with Crippen molar-refractivity contribution in [3.8, 4) is 11.4 Å². The number of carbonyl (C=O) groups is 1. The summed E-state index contributed by atoms with van der Waals surface area (Å²) in [7, 11) is 0. The third-order valence-electron chi connectivity index (χ3n) is 5.94. The smallest absolute Gasteiger partial charge is 0.307 e. The zero-order valence-corrected chi connectivity index (χ0v) is 23.3. The summed E-state index contributed by atoms with van der Waals surface area (Å²) in [4.78, 5) is 12.6. The largest absolute Gasteiger partial charge is 0.489 e. The summed E-state index contributed by atoms with van der Waals surface area (Å²) < 4.78 is 15.4. The highest BCUT2D eigenvalue weighted by atomic mass is 79.9. The lowest BCUT2D eigenvalue weighted by Crippen LogP contribution is -2.16. The number of nitrogens with one attached hydrogen (secondary N) is 1. The van der Waals surface area contributed by atoms with E-state index in [0.717, 1.165) is 48.3 Å². The standard InChI is InChI=1S/C29H23Br2N3O3/c1-18-12-22(16-32-33-29(35)27-14-21-13-23(30)15-26(31)28(21)37-27)19(2)34(18)24-8-10-25(11-9-24)36-17-20-6-4-3-5-7-20/h3-16H,17H2,1-2H3,(H,33,35)/b32-16-. The number of nitrogens with zero attached hydrogens (tertiary/aromatic N) is 2. The van der Waals surface area contributed by atoms with E-state index in [-0.39, 0.29) is 5.76 Å². The zero-order chi connectivity index (χ0) is 25.9. The highest BCUT2D eigenvalue weighted by Crippen LogP contribution is 2.31. The number of fused-ring (bicyclic) bond motifs is 1. The number of aromatic nitrogens is 1. The predicted molar refractivity (Wildman–Crippen MR) is 153 cm³/mol. The number of ether oxygens (including phenoxy) is 1. The highest BCUT2D eigenvalue weighted by molar-refractivity contribution is 9.11. The Hall–Kier alpha value is -3.62. The average molecular weight is 621 g/mol. The number of hydrogen-bond donors (Lipinski definition) is 1. The fourth-order valence-electron chi connectivity index (χ4n) is 4.15. The quantitative estimate of drug-likeness (QED) is 0.150. The van der Waals surface area contributed by atoms with Gasteiger partial charge < -0.3 is 13.7 Å². The van der Waals surface area contributed by atoms with Crippen molar-refractivity contribution in [1.82, 2.24) is 9.99 Å². The first-order chi connectivity index (χ1) is 17.9. The Balaban J connectivity index is 1.26. The number of amides is 1. The summed E-state index contributed by atoms with van der Waals surface area (Å²) in [6, 6.07) is 25.6. The summed E-state index contributed by atoms with van der Waals surface area (Å²) >= 11 is 6.90. The Bertz CT molecular complexity index is 1600. The molecule has 0 bridgehead atoms. The molecule has 186 valence electrons. The predicted octanol–water partition coefficient (Wildman–Crippen LogP) is 7.71. The molecule has 0 atom stereocenters. The zero-order valence-electron chi connectivity index (χ0n) is 20.2. The van der Waals surface area contributed by atoms with Crippen molar-refractivity contribution in [3.05, 3.63) is 116 Å². The van der Waals surface area contributed by atoms with E-state index in [0.29, 0.717) is 12.2 Å². The lowest BCUT2D eigenvalue weighted by atomic mass is 10.2. The second-order valence-electron chi connectivity index (χ2n) is 8.55. The van der Waals surface area contributed by atoms with Crippen LogP contribution in [0.5, 0.6) is 5.75 Å². The molecule has 5 aromatic rings. The lowest BCUT2D eigenvalue weighted by Gasteiger charge is -2.11. The van der Waals surface area contributed by atoms with Gasteiger partial charge in [0.05, 0.1) is 10.7 Å². The van der Waals surface area contributed by atoms with Gasteiger partial charge in [-0.1, -0.05) is 46.3 Å². The Kier molecular flexibility index (Phi) is 7.30. The van der Waals surface area contributed by atoms with Crippen molar-refractivity contribution >= 4 is 55.0 Å². The molecule has 0 spiro atoms.